The Bertz CT molecular complexity index is 441. The third kappa shape index (κ3) is 1.87. The van der Waals surface area contributed by atoms with Crippen LogP contribution >= 0.6 is 0 Å². The van der Waals surface area contributed by atoms with Crippen LogP contribution in [0.3, 0.4) is 0 Å². The number of nitrogens with one attached hydrogen (secondary N) is 1. The number of nitrogens with zero attached hydrogens (tertiary/aromatic N) is 2. The first-order valence-electron chi connectivity index (χ1n) is 4.06. The summed E-state index contributed by atoms with van der Waals surface area (Å²) in [5.41, 5.74) is 0.872. The molecule has 2 rings (SSSR count). The van der Waals surface area contributed by atoms with E-state index in [9.17, 15) is 4.39 Å². The van der Waals surface area contributed by atoms with Gasteiger partial charge in [0.1, 0.15) is 0 Å². The number of ether oxygens (including phenoxy) is 1. The van der Waals surface area contributed by atoms with E-state index in [1.165, 1.54) is 12.1 Å². The Morgan fingerprint density at radius 2 is 2.21 bits per heavy atom. The maximum Gasteiger partial charge on any atom is 0.240 e. The van der Waals surface area contributed by atoms with Crippen molar-refractivity contribution in [2.75, 3.05) is 0 Å². The number of hydrogen-bond donors (Lipinski definition) is 1. The molecule has 2 aromatic rings. The largest absolute Gasteiger partial charge is 0.419 e. The summed E-state index contributed by atoms with van der Waals surface area (Å²) >= 11 is 0. The van der Waals surface area contributed by atoms with Crippen LogP contribution in [0.1, 0.15) is 5.69 Å². The number of halogens is 1. The first-order chi connectivity index (χ1) is 6.74. The Kier molecular flexibility index (Phi) is 2.14. The topological polar surface area (TPSA) is 50.8 Å². The van der Waals surface area contributed by atoms with Crippen molar-refractivity contribution < 1.29 is 9.13 Å². The molecule has 0 fully saturated rings. The van der Waals surface area contributed by atoms with E-state index in [-0.39, 0.29) is 5.88 Å². The zero-order chi connectivity index (χ0) is 9.97. The molecule has 0 amide bonds. The first kappa shape index (κ1) is 8.68. The summed E-state index contributed by atoms with van der Waals surface area (Å²) < 4.78 is 17.8. The van der Waals surface area contributed by atoms with Gasteiger partial charge in [0.25, 0.3) is 0 Å². The fourth-order valence-electron chi connectivity index (χ4n) is 0.999. The molecule has 0 aliphatic carbocycles. The van der Waals surface area contributed by atoms with Crippen molar-refractivity contribution in [1.29, 1.82) is 0 Å². The molecule has 14 heavy (non-hydrogen) atoms. The normalized spacial score (nSPS) is 10.1. The minimum Gasteiger partial charge on any atom is -0.419 e. The van der Waals surface area contributed by atoms with Crippen molar-refractivity contribution in [1.82, 2.24) is 15.2 Å². The molecule has 0 spiro atoms. The van der Waals surface area contributed by atoms with Crippen molar-refractivity contribution in [2.45, 2.75) is 6.92 Å². The fraction of sp³-hybridized carbons (Fsp3) is 0.111. The quantitative estimate of drug-likeness (QED) is 0.742. The fourth-order valence-corrected chi connectivity index (χ4v) is 0.999. The molecule has 0 saturated heterocycles. The van der Waals surface area contributed by atoms with E-state index < -0.39 is 5.95 Å². The predicted molar refractivity (Wildman–Crippen MR) is 47.6 cm³/mol. The van der Waals surface area contributed by atoms with Crippen LogP contribution in [0, 0.1) is 12.9 Å². The molecule has 0 saturated carbocycles. The highest BCUT2D eigenvalue weighted by Crippen LogP contribution is 2.16. The number of rotatable bonds is 2. The van der Waals surface area contributed by atoms with Gasteiger partial charge < -0.3 is 4.74 Å². The van der Waals surface area contributed by atoms with Gasteiger partial charge in [-0.2, -0.15) is 9.37 Å². The lowest BCUT2D eigenvalue weighted by atomic mass is 10.5. The highest BCUT2D eigenvalue weighted by atomic mass is 19.1. The lowest BCUT2D eigenvalue weighted by molar-refractivity contribution is 0.429. The van der Waals surface area contributed by atoms with E-state index in [1.54, 1.807) is 12.1 Å². The molecular weight excluding hydrogens is 185 g/mol. The molecule has 0 radical (unpaired) electrons. The van der Waals surface area contributed by atoms with Gasteiger partial charge in [0.2, 0.25) is 17.7 Å². The summed E-state index contributed by atoms with van der Waals surface area (Å²) in [6, 6.07) is 6.04. The van der Waals surface area contributed by atoms with E-state index in [2.05, 4.69) is 15.2 Å². The summed E-state index contributed by atoms with van der Waals surface area (Å²) in [4.78, 5) is 3.53. The van der Waals surface area contributed by atoms with Crippen molar-refractivity contribution in [2.24, 2.45) is 0 Å². The molecule has 0 atom stereocenters. The third-order valence-corrected chi connectivity index (χ3v) is 1.58. The summed E-state index contributed by atoms with van der Waals surface area (Å²) in [6.45, 7) is 1.85. The molecule has 4 nitrogen and oxygen atoms in total. The standard InChI is InChI=1S/C9H8FN3O/c1-6-5-9(13-12-6)14-8-4-2-3-7(10)11-8/h2-5H,1H3,(H,12,13). The Morgan fingerprint density at radius 3 is 2.86 bits per heavy atom. The zero-order valence-electron chi connectivity index (χ0n) is 7.49. The van der Waals surface area contributed by atoms with E-state index in [1.807, 2.05) is 6.92 Å². The van der Waals surface area contributed by atoms with Crippen molar-refractivity contribution >= 4 is 0 Å². The van der Waals surface area contributed by atoms with Crippen LogP contribution in [-0.2, 0) is 0 Å². The average Bonchev–Trinajstić information content (AvgIpc) is 2.51. The molecule has 1 N–H and O–H groups in total. The molecule has 0 bridgehead atoms. The number of hydrogen-bond acceptors (Lipinski definition) is 3. The van der Waals surface area contributed by atoms with Gasteiger partial charge in [0, 0.05) is 17.8 Å². The molecule has 0 unspecified atom stereocenters. The Balaban J connectivity index is 2.18. The summed E-state index contributed by atoms with van der Waals surface area (Å²) in [5.74, 6) is -0.00754. The van der Waals surface area contributed by atoms with Crippen LogP contribution in [-0.4, -0.2) is 15.2 Å². The molecular formula is C9H8FN3O. The van der Waals surface area contributed by atoms with E-state index in [4.69, 9.17) is 4.74 Å². The predicted octanol–water partition coefficient (Wildman–Crippen LogP) is 2.04. The number of pyridine rings is 1. The van der Waals surface area contributed by atoms with E-state index >= 15 is 0 Å². The molecule has 0 aromatic carbocycles. The minimum atomic E-state index is -0.574. The Morgan fingerprint density at radius 1 is 1.36 bits per heavy atom. The van der Waals surface area contributed by atoms with Gasteiger partial charge in [0.05, 0.1) is 0 Å². The first-order valence-corrected chi connectivity index (χ1v) is 4.06. The number of aromatic amines is 1. The lowest BCUT2D eigenvalue weighted by Crippen LogP contribution is -1.89. The van der Waals surface area contributed by atoms with Crippen molar-refractivity contribution in [3.63, 3.8) is 0 Å². The highest BCUT2D eigenvalue weighted by molar-refractivity contribution is 5.20. The SMILES string of the molecule is Cc1cc(Oc2cccc(F)n2)n[nH]1. The van der Waals surface area contributed by atoms with Gasteiger partial charge in [-0.1, -0.05) is 6.07 Å². The van der Waals surface area contributed by atoms with Crippen LogP contribution in [0.5, 0.6) is 11.8 Å². The minimum absolute atomic E-state index is 0.191. The average molecular weight is 193 g/mol. The molecule has 72 valence electrons. The number of H-pyrrole nitrogens is 1. The van der Waals surface area contributed by atoms with Gasteiger partial charge in [0.15, 0.2) is 0 Å². The van der Waals surface area contributed by atoms with E-state index in [0.29, 0.717) is 5.88 Å². The van der Waals surface area contributed by atoms with Gasteiger partial charge in [-0.3, -0.25) is 5.10 Å². The van der Waals surface area contributed by atoms with E-state index in [0.717, 1.165) is 5.69 Å². The third-order valence-electron chi connectivity index (χ3n) is 1.58. The van der Waals surface area contributed by atoms with Gasteiger partial charge in [-0.25, -0.2) is 0 Å². The smallest absolute Gasteiger partial charge is 0.240 e. The van der Waals surface area contributed by atoms with Crippen LogP contribution in [0.2, 0.25) is 0 Å². The maximum absolute atomic E-state index is 12.7. The van der Waals surface area contributed by atoms with Crippen LogP contribution in [0.4, 0.5) is 4.39 Å². The van der Waals surface area contributed by atoms with Crippen molar-refractivity contribution in [3.05, 3.63) is 35.9 Å². The van der Waals surface area contributed by atoms with Gasteiger partial charge >= 0.3 is 0 Å². The second-order valence-corrected chi connectivity index (χ2v) is 2.79. The van der Waals surface area contributed by atoms with Crippen molar-refractivity contribution in [3.8, 4) is 11.8 Å². The summed E-state index contributed by atoms with van der Waals surface area (Å²) in [5, 5.41) is 6.54. The maximum atomic E-state index is 12.7. The van der Waals surface area contributed by atoms with Crippen LogP contribution < -0.4 is 4.74 Å². The molecule has 5 heteroatoms. The number of aromatic nitrogens is 3. The second kappa shape index (κ2) is 3.45. The molecule has 2 heterocycles. The second-order valence-electron chi connectivity index (χ2n) is 2.79. The Hall–Kier alpha value is -1.91. The highest BCUT2D eigenvalue weighted by Gasteiger charge is 2.02. The zero-order valence-corrected chi connectivity index (χ0v) is 7.49. The van der Waals surface area contributed by atoms with Crippen LogP contribution in [0.25, 0.3) is 0 Å². The lowest BCUT2D eigenvalue weighted by Gasteiger charge is -1.98. The summed E-state index contributed by atoms with van der Waals surface area (Å²) in [7, 11) is 0. The summed E-state index contributed by atoms with van der Waals surface area (Å²) in [6.07, 6.45) is 0. The number of aryl methyl sites for hydroxylation is 1. The van der Waals surface area contributed by atoms with Gasteiger partial charge in [-0.15, -0.1) is 5.10 Å². The molecule has 0 aliphatic rings. The molecule has 0 aliphatic heterocycles. The molecule has 2 aromatic heterocycles. The monoisotopic (exact) mass is 193 g/mol. The van der Waals surface area contributed by atoms with Gasteiger partial charge in [-0.05, 0) is 13.0 Å². The van der Waals surface area contributed by atoms with Crippen LogP contribution in [0.15, 0.2) is 24.3 Å². The Labute approximate surface area is 79.7 Å².